The van der Waals surface area contributed by atoms with Gasteiger partial charge in [-0.2, -0.15) is 0 Å². The summed E-state index contributed by atoms with van der Waals surface area (Å²) in [4.78, 5) is 20.4. The lowest BCUT2D eigenvalue weighted by molar-refractivity contribution is 0.0949. The summed E-state index contributed by atoms with van der Waals surface area (Å²) in [6, 6.07) is 16.2. The Balaban J connectivity index is 1.70. The highest BCUT2D eigenvalue weighted by Gasteiger charge is 2.25. The molecule has 4 heteroatoms. The highest BCUT2D eigenvalue weighted by molar-refractivity contribution is 6.07. The molecule has 2 heterocycles. The molecule has 1 aliphatic rings. The van der Waals surface area contributed by atoms with Gasteiger partial charge in [-0.3, -0.25) is 14.7 Å². The predicted octanol–water partition coefficient (Wildman–Crippen LogP) is 3.85. The lowest BCUT2D eigenvalue weighted by Crippen LogP contribution is -2.34. The van der Waals surface area contributed by atoms with Crippen LogP contribution in [0, 0.1) is 6.92 Å². The summed E-state index contributed by atoms with van der Waals surface area (Å²) in [7, 11) is 0. The van der Waals surface area contributed by atoms with Crippen molar-refractivity contribution in [2.75, 3.05) is 13.1 Å². The molecule has 4 rings (SSSR count). The third kappa shape index (κ3) is 3.58. The van der Waals surface area contributed by atoms with Gasteiger partial charge < -0.3 is 5.32 Å². The Kier molecular flexibility index (Phi) is 4.90. The maximum absolute atomic E-state index is 13.2. The first-order valence-corrected chi connectivity index (χ1v) is 9.62. The number of aromatic nitrogens is 1. The molecule has 0 fully saturated rings. The zero-order chi connectivity index (χ0) is 18.8. The average Bonchev–Trinajstić information content (AvgIpc) is 2.71. The molecule has 1 N–H and O–H groups in total. The van der Waals surface area contributed by atoms with E-state index in [1.165, 1.54) is 5.56 Å². The molecule has 4 nitrogen and oxygen atoms in total. The van der Waals surface area contributed by atoms with Crippen LogP contribution in [0.1, 0.15) is 39.7 Å². The Morgan fingerprint density at radius 2 is 1.93 bits per heavy atom. The molecule has 27 heavy (non-hydrogen) atoms. The number of nitrogens with one attached hydrogen (secondary N) is 1. The van der Waals surface area contributed by atoms with Gasteiger partial charge in [0.05, 0.1) is 11.1 Å². The molecule has 0 spiro atoms. The van der Waals surface area contributed by atoms with Gasteiger partial charge in [0.15, 0.2) is 0 Å². The SMILES string of the molecule is CCN1CCc2nc3ccccc3c(C(=O)NCc3ccc(C)cc3)c2C1. The third-order valence-corrected chi connectivity index (χ3v) is 5.37. The standard InChI is InChI=1S/C23H25N3O/c1-3-26-13-12-21-19(15-26)22(18-6-4-5-7-20(18)25-21)23(27)24-14-17-10-8-16(2)9-11-17/h4-11H,3,12-15H2,1-2H3,(H,24,27). The number of nitrogens with zero attached hydrogens (tertiary/aromatic N) is 2. The zero-order valence-corrected chi connectivity index (χ0v) is 16.0. The number of hydrogen-bond acceptors (Lipinski definition) is 3. The monoisotopic (exact) mass is 359 g/mol. The molecule has 0 unspecified atom stereocenters. The number of likely N-dealkylation sites (N-methyl/N-ethyl adjacent to an activating group) is 1. The van der Waals surface area contributed by atoms with Crippen LogP contribution in [-0.4, -0.2) is 28.9 Å². The molecule has 1 amide bonds. The minimum absolute atomic E-state index is 0.0108. The molecule has 138 valence electrons. The summed E-state index contributed by atoms with van der Waals surface area (Å²) in [5.74, 6) is -0.0108. The van der Waals surface area contributed by atoms with E-state index in [4.69, 9.17) is 4.98 Å². The third-order valence-electron chi connectivity index (χ3n) is 5.37. The van der Waals surface area contributed by atoms with Gasteiger partial charge in [0.2, 0.25) is 0 Å². The number of hydrogen-bond donors (Lipinski definition) is 1. The van der Waals surface area contributed by atoms with Crippen molar-refractivity contribution in [1.82, 2.24) is 15.2 Å². The molecule has 0 saturated heterocycles. The van der Waals surface area contributed by atoms with Crippen LogP contribution < -0.4 is 5.32 Å². The molecule has 2 aromatic carbocycles. The lowest BCUT2D eigenvalue weighted by Gasteiger charge is -2.29. The van der Waals surface area contributed by atoms with E-state index in [9.17, 15) is 4.79 Å². The fourth-order valence-electron chi connectivity index (χ4n) is 3.75. The van der Waals surface area contributed by atoms with Gasteiger partial charge in [-0.15, -0.1) is 0 Å². The van der Waals surface area contributed by atoms with Crippen LogP contribution >= 0.6 is 0 Å². The fourth-order valence-corrected chi connectivity index (χ4v) is 3.75. The molecule has 1 aromatic heterocycles. The van der Waals surface area contributed by atoms with E-state index in [1.54, 1.807) is 0 Å². The minimum Gasteiger partial charge on any atom is -0.348 e. The van der Waals surface area contributed by atoms with Gasteiger partial charge in [0.1, 0.15) is 0 Å². The van der Waals surface area contributed by atoms with E-state index in [2.05, 4.69) is 48.3 Å². The van der Waals surface area contributed by atoms with Crippen molar-refractivity contribution in [3.63, 3.8) is 0 Å². The van der Waals surface area contributed by atoms with E-state index in [0.717, 1.165) is 59.3 Å². The van der Waals surface area contributed by atoms with Crippen LogP contribution in [0.2, 0.25) is 0 Å². The van der Waals surface area contributed by atoms with Crippen molar-refractivity contribution in [2.24, 2.45) is 0 Å². The second-order valence-electron chi connectivity index (χ2n) is 7.22. The van der Waals surface area contributed by atoms with Gasteiger partial charge in [0, 0.05) is 42.7 Å². The predicted molar refractivity (Wildman–Crippen MR) is 109 cm³/mol. The number of amides is 1. The second-order valence-corrected chi connectivity index (χ2v) is 7.22. The normalized spacial score (nSPS) is 14.1. The first-order valence-electron chi connectivity index (χ1n) is 9.62. The maximum atomic E-state index is 13.2. The number of para-hydroxylation sites is 1. The van der Waals surface area contributed by atoms with Crippen LogP contribution in [0.4, 0.5) is 0 Å². The molecule has 0 aliphatic carbocycles. The summed E-state index contributed by atoms with van der Waals surface area (Å²) in [5.41, 5.74) is 6.18. The van der Waals surface area contributed by atoms with Gasteiger partial charge >= 0.3 is 0 Å². The van der Waals surface area contributed by atoms with Crippen LogP contribution in [0.5, 0.6) is 0 Å². The first-order chi connectivity index (χ1) is 13.2. The number of aryl methyl sites for hydroxylation is 1. The summed E-state index contributed by atoms with van der Waals surface area (Å²) in [5, 5.41) is 4.06. The smallest absolute Gasteiger partial charge is 0.252 e. The first kappa shape index (κ1) is 17.7. The topological polar surface area (TPSA) is 45.2 Å². The van der Waals surface area contributed by atoms with E-state index >= 15 is 0 Å². The largest absolute Gasteiger partial charge is 0.348 e. The quantitative estimate of drug-likeness (QED) is 0.769. The average molecular weight is 359 g/mol. The number of fused-ring (bicyclic) bond motifs is 2. The molecule has 1 aliphatic heterocycles. The minimum atomic E-state index is -0.0108. The van der Waals surface area contributed by atoms with Crippen LogP contribution in [-0.2, 0) is 19.5 Å². The summed E-state index contributed by atoms with van der Waals surface area (Å²) < 4.78 is 0. The van der Waals surface area contributed by atoms with Crippen LogP contribution in [0.3, 0.4) is 0 Å². The Hall–Kier alpha value is -2.72. The van der Waals surface area contributed by atoms with Crippen molar-refractivity contribution in [2.45, 2.75) is 33.4 Å². The van der Waals surface area contributed by atoms with Gasteiger partial charge in [-0.1, -0.05) is 55.0 Å². The number of benzene rings is 2. The van der Waals surface area contributed by atoms with Crippen LogP contribution in [0.25, 0.3) is 10.9 Å². The van der Waals surface area contributed by atoms with Crippen molar-refractivity contribution < 1.29 is 4.79 Å². The second kappa shape index (κ2) is 7.49. The Morgan fingerprint density at radius 3 is 2.70 bits per heavy atom. The van der Waals surface area contributed by atoms with Crippen molar-refractivity contribution >= 4 is 16.8 Å². The van der Waals surface area contributed by atoms with E-state index in [1.807, 2.05) is 24.3 Å². The van der Waals surface area contributed by atoms with Gasteiger partial charge in [0.25, 0.3) is 5.91 Å². The molecular weight excluding hydrogens is 334 g/mol. The number of carbonyl (C=O) groups excluding carboxylic acids is 1. The van der Waals surface area contributed by atoms with Gasteiger partial charge in [-0.25, -0.2) is 0 Å². The molecule has 0 saturated carbocycles. The maximum Gasteiger partial charge on any atom is 0.252 e. The van der Waals surface area contributed by atoms with E-state index < -0.39 is 0 Å². The number of carbonyl (C=O) groups is 1. The van der Waals surface area contributed by atoms with Crippen molar-refractivity contribution in [3.8, 4) is 0 Å². The van der Waals surface area contributed by atoms with E-state index in [0.29, 0.717) is 6.54 Å². The number of rotatable bonds is 4. The Labute approximate surface area is 160 Å². The highest BCUT2D eigenvalue weighted by Crippen LogP contribution is 2.28. The lowest BCUT2D eigenvalue weighted by atomic mass is 9.95. The van der Waals surface area contributed by atoms with Gasteiger partial charge in [-0.05, 0) is 25.1 Å². The molecule has 3 aromatic rings. The molecular formula is C23H25N3O. The molecule has 0 atom stereocenters. The summed E-state index contributed by atoms with van der Waals surface area (Å²) in [6.07, 6.45) is 0.895. The highest BCUT2D eigenvalue weighted by atomic mass is 16.1. The molecule has 0 radical (unpaired) electrons. The van der Waals surface area contributed by atoms with Crippen molar-refractivity contribution in [3.05, 3.63) is 76.5 Å². The fraction of sp³-hybridized carbons (Fsp3) is 0.304. The summed E-state index contributed by atoms with van der Waals surface area (Å²) in [6.45, 7) is 7.53. The van der Waals surface area contributed by atoms with E-state index in [-0.39, 0.29) is 5.91 Å². The zero-order valence-electron chi connectivity index (χ0n) is 16.0. The Morgan fingerprint density at radius 1 is 1.15 bits per heavy atom. The van der Waals surface area contributed by atoms with Crippen LogP contribution in [0.15, 0.2) is 48.5 Å². The molecule has 0 bridgehead atoms. The van der Waals surface area contributed by atoms with Crippen molar-refractivity contribution in [1.29, 1.82) is 0 Å². The number of pyridine rings is 1. The summed E-state index contributed by atoms with van der Waals surface area (Å²) >= 11 is 0. The Bertz CT molecular complexity index is 979.